The van der Waals surface area contributed by atoms with Crippen LogP contribution in [-0.2, 0) is 9.53 Å². The molecule has 2 aromatic rings. The van der Waals surface area contributed by atoms with E-state index in [9.17, 15) is 14.0 Å². The predicted molar refractivity (Wildman–Crippen MR) is 85.6 cm³/mol. The molecule has 1 N–H and O–H groups in total. The van der Waals surface area contributed by atoms with Crippen molar-refractivity contribution in [2.75, 3.05) is 12.4 Å². The van der Waals surface area contributed by atoms with E-state index in [1.807, 2.05) is 5.32 Å². The van der Waals surface area contributed by atoms with E-state index in [-0.39, 0.29) is 29.2 Å². The normalized spacial score (nSPS) is 11.6. The van der Waals surface area contributed by atoms with Gasteiger partial charge >= 0.3 is 6.09 Å². The highest BCUT2D eigenvalue weighted by molar-refractivity contribution is 7.99. The van der Waals surface area contributed by atoms with Crippen molar-refractivity contribution >= 4 is 23.8 Å². The summed E-state index contributed by atoms with van der Waals surface area (Å²) in [5.74, 6) is -0.964. The minimum Gasteiger partial charge on any atom is -0.478 e. The Kier molecular flexibility index (Phi) is 6.75. The summed E-state index contributed by atoms with van der Waals surface area (Å²) < 4.78 is 28.9. The van der Waals surface area contributed by atoms with Crippen molar-refractivity contribution < 1.29 is 27.9 Å². The van der Waals surface area contributed by atoms with Crippen LogP contribution in [0.5, 0.6) is 5.75 Å². The average molecular weight is 369 g/mol. The summed E-state index contributed by atoms with van der Waals surface area (Å²) >= 11 is 0.947. The number of halogens is 1. The Morgan fingerprint density at radius 1 is 1.36 bits per heavy atom. The molecule has 0 bridgehead atoms. The summed E-state index contributed by atoms with van der Waals surface area (Å²) in [6, 6.07) is 5.95. The number of alkyl carbamates (subject to hydrolysis) is 1. The second-order valence-corrected chi connectivity index (χ2v) is 5.58. The Morgan fingerprint density at radius 3 is 2.84 bits per heavy atom. The molecule has 1 aromatic heterocycles. The Hall–Kier alpha value is -2.62. The van der Waals surface area contributed by atoms with Gasteiger partial charge in [0.1, 0.15) is 0 Å². The summed E-state index contributed by atoms with van der Waals surface area (Å²) in [5.41, 5.74) is 0. The molecule has 10 heteroatoms. The van der Waals surface area contributed by atoms with Gasteiger partial charge in [-0.3, -0.25) is 10.1 Å². The maximum Gasteiger partial charge on any atom is 0.413 e. The van der Waals surface area contributed by atoms with Gasteiger partial charge in [0, 0.05) is 0 Å². The topological polar surface area (TPSA) is 104 Å². The van der Waals surface area contributed by atoms with Crippen LogP contribution in [0.2, 0.25) is 0 Å². The minimum absolute atomic E-state index is 0.0659. The standard InChI is InChI=1S/C15H16FN3O5S/c1-3-22-14(21)17-12(20)8-25-15-19-18-13(24-15)9(2)23-11-7-5-4-6-10(11)16/h4-7,9H,3,8H2,1-2H3,(H,17,20,21)/t9-/m0/s1. The number of ether oxygens (including phenoxy) is 2. The maximum atomic E-state index is 13.6. The third kappa shape index (κ3) is 5.75. The van der Waals surface area contributed by atoms with Gasteiger partial charge in [0.25, 0.3) is 11.1 Å². The number of thioether (sulfide) groups is 1. The number of imide groups is 1. The number of benzene rings is 1. The smallest absolute Gasteiger partial charge is 0.413 e. The molecule has 0 spiro atoms. The zero-order chi connectivity index (χ0) is 18.2. The number of hydrogen-bond acceptors (Lipinski definition) is 8. The van der Waals surface area contributed by atoms with Crippen LogP contribution in [0, 0.1) is 5.82 Å². The Balaban J connectivity index is 1.86. The van der Waals surface area contributed by atoms with Gasteiger partial charge in [-0.05, 0) is 26.0 Å². The van der Waals surface area contributed by atoms with Gasteiger partial charge in [-0.25, -0.2) is 9.18 Å². The maximum absolute atomic E-state index is 13.6. The molecular weight excluding hydrogens is 353 g/mol. The summed E-state index contributed by atoms with van der Waals surface area (Å²) in [5, 5.41) is 9.73. The van der Waals surface area contributed by atoms with Crippen LogP contribution in [0.4, 0.5) is 9.18 Å². The van der Waals surface area contributed by atoms with Crippen LogP contribution in [0.3, 0.4) is 0 Å². The van der Waals surface area contributed by atoms with E-state index in [4.69, 9.17) is 9.15 Å². The van der Waals surface area contributed by atoms with Crippen molar-refractivity contribution in [1.82, 2.24) is 15.5 Å². The number of amides is 2. The number of carbonyl (C=O) groups is 2. The van der Waals surface area contributed by atoms with Gasteiger partial charge in [0.2, 0.25) is 5.91 Å². The van der Waals surface area contributed by atoms with Gasteiger partial charge in [-0.2, -0.15) is 0 Å². The quantitative estimate of drug-likeness (QED) is 0.743. The van der Waals surface area contributed by atoms with Gasteiger partial charge in [0.15, 0.2) is 17.7 Å². The lowest BCUT2D eigenvalue weighted by Gasteiger charge is -2.11. The summed E-state index contributed by atoms with van der Waals surface area (Å²) in [6.45, 7) is 3.42. The molecule has 25 heavy (non-hydrogen) atoms. The molecule has 0 radical (unpaired) electrons. The second-order valence-electron chi connectivity index (χ2n) is 4.65. The highest BCUT2D eigenvalue weighted by atomic mass is 32.2. The fourth-order valence-electron chi connectivity index (χ4n) is 1.67. The Bertz CT molecular complexity index is 739. The summed E-state index contributed by atoms with van der Waals surface area (Å²) in [4.78, 5) is 22.6. The van der Waals surface area contributed by atoms with Gasteiger partial charge < -0.3 is 13.9 Å². The lowest BCUT2D eigenvalue weighted by atomic mass is 10.3. The van der Waals surface area contributed by atoms with E-state index < -0.39 is 23.9 Å². The monoisotopic (exact) mass is 369 g/mol. The van der Waals surface area contributed by atoms with Crippen LogP contribution < -0.4 is 10.1 Å². The van der Waals surface area contributed by atoms with Gasteiger partial charge in [-0.1, -0.05) is 23.9 Å². The highest BCUT2D eigenvalue weighted by Crippen LogP contribution is 2.25. The van der Waals surface area contributed by atoms with Crippen molar-refractivity contribution in [1.29, 1.82) is 0 Å². The molecule has 8 nitrogen and oxygen atoms in total. The van der Waals surface area contributed by atoms with Crippen molar-refractivity contribution in [3.8, 4) is 5.75 Å². The molecule has 1 aromatic carbocycles. The number of rotatable bonds is 7. The van der Waals surface area contributed by atoms with E-state index >= 15 is 0 Å². The molecule has 0 aliphatic rings. The zero-order valence-electron chi connectivity index (χ0n) is 13.5. The lowest BCUT2D eigenvalue weighted by Crippen LogP contribution is -2.32. The number of carbonyl (C=O) groups excluding carboxylic acids is 2. The molecule has 0 aliphatic heterocycles. The molecule has 0 saturated carbocycles. The van der Waals surface area contributed by atoms with Crippen LogP contribution in [-0.4, -0.2) is 34.6 Å². The third-order valence-corrected chi connectivity index (χ3v) is 3.57. The number of para-hydroxylation sites is 1. The van der Waals surface area contributed by atoms with Crippen molar-refractivity contribution in [3.63, 3.8) is 0 Å². The highest BCUT2D eigenvalue weighted by Gasteiger charge is 2.18. The van der Waals surface area contributed by atoms with E-state index in [1.54, 1.807) is 26.0 Å². The number of hydrogen-bond donors (Lipinski definition) is 1. The minimum atomic E-state index is -0.814. The van der Waals surface area contributed by atoms with Crippen molar-refractivity contribution in [2.24, 2.45) is 0 Å². The van der Waals surface area contributed by atoms with Gasteiger partial charge in [-0.15, -0.1) is 10.2 Å². The molecule has 134 valence electrons. The van der Waals surface area contributed by atoms with E-state index in [2.05, 4.69) is 14.9 Å². The number of aromatic nitrogens is 2. The first-order chi connectivity index (χ1) is 12.0. The second kappa shape index (κ2) is 9.02. The molecule has 1 heterocycles. The first-order valence-corrected chi connectivity index (χ1v) is 8.32. The van der Waals surface area contributed by atoms with Crippen LogP contribution >= 0.6 is 11.8 Å². The molecule has 0 aliphatic carbocycles. The largest absolute Gasteiger partial charge is 0.478 e. The fourth-order valence-corrected chi connectivity index (χ4v) is 2.24. The molecule has 1 atom stereocenters. The van der Waals surface area contributed by atoms with Crippen LogP contribution in [0.1, 0.15) is 25.8 Å². The van der Waals surface area contributed by atoms with Crippen molar-refractivity contribution in [3.05, 3.63) is 36.0 Å². The molecule has 2 amide bonds. The van der Waals surface area contributed by atoms with Crippen LogP contribution in [0.25, 0.3) is 0 Å². The fraction of sp³-hybridized carbons (Fsp3) is 0.333. The first-order valence-electron chi connectivity index (χ1n) is 7.33. The Labute approximate surface area is 147 Å². The van der Waals surface area contributed by atoms with Crippen LogP contribution in [0.15, 0.2) is 33.9 Å². The van der Waals surface area contributed by atoms with E-state index in [0.29, 0.717) is 0 Å². The van der Waals surface area contributed by atoms with E-state index in [0.717, 1.165) is 11.8 Å². The van der Waals surface area contributed by atoms with E-state index in [1.165, 1.54) is 12.1 Å². The predicted octanol–water partition coefficient (Wildman–Crippen LogP) is 2.71. The Morgan fingerprint density at radius 2 is 2.12 bits per heavy atom. The molecule has 2 rings (SSSR count). The number of nitrogens with one attached hydrogen (secondary N) is 1. The van der Waals surface area contributed by atoms with Gasteiger partial charge in [0.05, 0.1) is 12.4 Å². The SMILES string of the molecule is CCOC(=O)NC(=O)CSc1nnc([C@H](C)Oc2ccccc2F)o1. The summed E-state index contributed by atoms with van der Waals surface area (Å²) in [6.07, 6.45) is -1.49. The molecule has 0 fully saturated rings. The zero-order valence-corrected chi connectivity index (χ0v) is 14.3. The summed E-state index contributed by atoms with van der Waals surface area (Å²) in [7, 11) is 0. The molecule has 0 unspecified atom stereocenters. The average Bonchev–Trinajstić information content (AvgIpc) is 3.04. The number of nitrogens with zero attached hydrogens (tertiary/aromatic N) is 2. The molecule has 0 saturated heterocycles. The first kappa shape index (κ1) is 18.7. The third-order valence-electron chi connectivity index (χ3n) is 2.75. The van der Waals surface area contributed by atoms with Crippen molar-refractivity contribution in [2.45, 2.75) is 25.2 Å². The lowest BCUT2D eigenvalue weighted by molar-refractivity contribution is -0.117. The molecular formula is C15H16FN3O5S.